The molecule has 1 aliphatic carbocycles. The average Bonchev–Trinajstić information content (AvgIpc) is 2.86. The molecule has 1 aliphatic rings. The van der Waals surface area contributed by atoms with Crippen molar-refractivity contribution >= 4 is 11.8 Å². The molecule has 0 radical (unpaired) electrons. The molecule has 70 valence electrons. The summed E-state index contributed by atoms with van der Waals surface area (Å²) in [5.41, 5.74) is -0.408. The summed E-state index contributed by atoms with van der Waals surface area (Å²) in [7, 11) is 0. The summed E-state index contributed by atoms with van der Waals surface area (Å²) in [4.78, 5) is 0.997. The minimum absolute atomic E-state index is 0.294. The van der Waals surface area contributed by atoms with Gasteiger partial charge in [-0.15, -0.1) is 11.8 Å². The highest BCUT2D eigenvalue weighted by atomic mass is 32.2. The Bertz CT molecular complexity index is 334. The van der Waals surface area contributed by atoms with Crippen molar-refractivity contribution < 1.29 is 9.50 Å². The van der Waals surface area contributed by atoms with Gasteiger partial charge in [-0.3, -0.25) is 0 Å². The minimum Gasteiger partial charge on any atom is -0.385 e. The van der Waals surface area contributed by atoms with E-state index in [1.165, 1.54) is 6.07 Å². The molecular formula is C10H11FOS. The fraction of sp³-hybridized carbons (Fsp3) is 0.400. The summed E-state index contributed by atoms with van der Waals surface area (Å²) in [5.74, 6) is -0.294. The van der Waals surface area contributed by atoms with Crippen LogP contribution in [0.25, 0.3) is 0 Å². The molecular weight excluding hydrogens is 187 g/mol. The van der Waals surface area contributed by atoms with Crippen molar-refractivity contribution in [1.29, 1.82) is 0 Å². The van der Waals surface area contributed by atoms with Gasteiger partial charge in [-0.05, 0) is 37.3 Å². The predicted molar refractivity (Wildman–Crippen MR) is 51.3 cm³/mol. The first-order chi connectivity index (χ1) is 6.15. The van der Waals surface area contributed by atoms with Gasteiger partial charge >= 0.3 is 0 Å². The van der Waals surface area contributed by atoms with E-state index in [2.05, 4.69) is 0 Å². The van der Waals surface area contributed by atoms with Crippen molar-refractivity contribution in [2.75, 3.05) is 6.26 Å². The van der Waals surface area contributed by atoms with Crippen molar-refractivity contribution in [3.05, 3.63) is 29.6 Å². The fourth-order valence-corrected chi connectivity index (χ4v) is 1.82. The number of rotatable bonds is 2. The molecule has 0 unspecified atom stereocenters. The molecule has 3 heteroatoms. The number of thioether (sulfide) groups is 1. The third-order valence-electron chi connectivity index (χ3n) is 2.40. The van der Waals surface area contributed by atoms with Gasteiger partial charge in [0.25, 0.3) is 0 Å². The lowest BCUT2D eigenvalue weighted by Gasteiger charge is -2.10. The van der Waals surface area contributed by atoms with Crippen LogP contribution in [0, 0.1) is 5.82 Å². The van der Waals surface area contributed by atoms with E-state index in [0.29, 0.717) is 18.4 Å². The second-order valence-corrected chi connectivity index (χ2v) is 4.26. The van der Waals surface area contributed by atoms with Crippen molar-refractivity contribution in [2.45, 2.75) is 23.3 Å². The number of halogens is 1. The molecule has 1 aromatic rings. The topological polar surface area (TPSA) is 20.2 Å². The number of hydrogen-bond acceptors (Lipinski definition) is 2. The smallest absolute Gasteiger partial charge is 0.129 e. The van der Waals surface area contributed by atoms with Crippen LogP contribution in [0.3, 0.4) is 0 Å². The Balaban J connectivity index is 2.43. The van der Waals surface area contributed by atoms with E-state index in [1.54, 1.807) is 23.9 Å². The third kappa shape index (κ3) is 1.58. The van der Waals surface area contributed by atoms with E-state index >= 15 is 0 Å². The maximum Gasteiger partial charge on any atom is 0.129 e. The standard InChI is InChI=1S/C10H11FOS/c1-13-7-2-3-9(11)8(6-7)10(12)4-5-10/h2-3,6,12H,4-5H2,1H3. The van der Waals surface area contributed by atoms with Gasteiger partial charge in [-0.25, -0.2) is 4.39 Å². The molecule has 2 rings (SSSR count). The Labute approximate surface area is 81.0 Å². The molecule has 0 amide bonds. The van der Waals surface area contributed by atoms with Crippen molar-refractivity contribution in [3.8, 4) is 0 Å². The Morgan fingerprint density at radius 1 is 1.46 bits per heavy atom. The summed E-state index contributed by atoms with van der Waals surface area (Å²) in [6.07, 6.45) is 3.30. The quantitative estimate of drug-likeness (QED) is 0.737. The third-order valence-corrected chi connectivity index (χ3v) is 3.12. The maximum atomic E-state index is 13.3. The van der Waals surface area contributed by atoms with Crippen LogP contribution >= 0.6 is 11.8 Å². The van der Waals surface area contributed by atoms with E-state index in [9.17, 15) is 9.50 Å². The first kappa shape index (κ1) is 9.03. The molecule has 0 atom stereocenters. The Hall–Kier alpha value is -0.540. The van der Waals surface area contributed by atoms with Gasteiger partial charge in [0.15, 0.2) is 0 Å². The fourth-order valence-electron chi connectivity index (χ4n) is 1.38. The highest BCUT2D eigenvalue weighted by molar-refractivity contribution is 7.98. The van der Waals surface area contributed by atoms with Crippen LogP contribution in [0.4, 0.5) is 4.39 Å². The van der Waals surface area contributed by atoms with Crippen LogP contribution in [0.1, 0.15) is 18.4 Å². The van der Waals surface area contributed by atoms with Crippen LogP contribution in [0.2, 0.25) is 0 Å². The SMILES string of the molecule is CSc1ccc(F)c(C2(O)CC2)c1. The predicted octanol–water partition coefficient (Wildman–Crippen LogP) is 2.53. The lowest BCUT2D eigenvalue weighted by molar-refractivity contribution is 0.146. The molecule has 0 aromatic heterocycles. The van der Waals surface area contributed by atoms with Crippen LogP contribution in [0.5, 0.6) is 0 Å². The van der Waals surface area contributed by atoms with Crippen LogP contribution in [-0.4, -0.2) is 11.4 Å². The lowest BCUT2D eigenvalue weighted by atomic mass is 10.1. The minimum atomic E-state index is -0.865. The molecule has 1 nitrogen and oxygen atoms in total. The zero-order valence-corrected chi connectivity index (χ0v) is 8.20. The van der Waals surface area contributed by atoms with Gasteiger partial charge in [0.2, 0.25) is 0 Å². The second kappa shape index (κ2) is 3.00. The van der Waals surface area contributed by atoms with E-state index in [1.807, 2.05) is 6.26 Å². The second-order valence-electron chi connectivity index (χ2n) is 3.38. The summed E-state index contributed by atoms with van der Waals surface area (Å²) in [5, 5.41) is 9.75. The normalized spacial score (nSPS) is 18.7. The van der Waals surface area contributed by atoms with E-state index in [4.69, 9.17) is 0 Å². The molecule has 0 aliphatic heterocycles. The van der Waals surface area contributed by atoms with E-state index in [-0.39, 0.29) is 5.82 Å². The highest BCUT2D eigenvalue weighted by Gasteiger charge is 2.44. The average molecular weight is 198 g/mol. The molecule has 0 saturated heterocycles. The van der Waals surface area contributed by atoms with Gasteiger partial charge in [0.05, 0.1) is 5.60 Å². The molecule has 1 aromatic carbocycles. The molecule has 1 fully saturated rings. The maximum absolute atomic E-state index is 13.3. The monoisotopic (exact) mass is 198 g/mol. The Morgan fingerprint density at radius 2 is 2.15 bits per heavy atom. The van der Waals surface area contributed by atoms with Gasteiger partial charge in [0.1, 0.15) is 5.82 Å². The number of hydrogen-bond donors (Lipinski definition) is 1. The molecule has 0 spiro atoms. The Kier molecular flexibility index (Phi) is 2.08. The molecule has 13 heavy (non-hydrogen) atoms. The molecule has 1 saturated carbocycles. The largest absolute Gasteiger partial charge is 0.385 e. The van der Waals surface area contributed by atoms with E-state index in [0.717, 1.165) is 4.90 Å². The zero-order valence-electron chi connectivity index (χ0n) is 7.38. The number of aliphatic hydroxyl groups is 1. The highest BCUT2D eigenvalue weighted by Crippen LogP contribution is 2.46. The van der Waals surface area contributed by atoms with Gasteiger partial charge < -0.3 is 5.11 Å². The van der Waals surface area contributed by atoms with Crippen LogP contribution in [0.15, 0.2) is 23.1 Å². The number of benzene rings is 1. The van der Waals surface area contributed by atoms with Gasteiger partial charge in [-0.1, -0.05) is 0 Å². The Morgan fingerprint density at radius 3 is 2.69 bits per heavy atom. The summed E-state index contributed by atoms with van der Waals surface area (Å²) in [6.45, 7) is 0. The molecule has 0 heterocycles. The van der Waals surface area contributed by atoms with Gasteiger partial charge in [0, 0.05) is 10.5 Å². The summed E-state index contributed by atoms with van der Waals surface area (Å²) in [6, 6.07) is 4.90. The van der Waals surface area contributed by atoms with Gasteiger partial charge in [-0.2, -0.15) is 0 Å². The zero-order chi connectivity index (χ0) is 9.47. The van der Waals surface area contributed by atoms with E-state index < -0.39 is 5.60 Å². The van der Waals surface area contributed by atoms with Crippen molar-refractivity contribution in [3.63, 3.8) is 0 Å². The first-order valence-corrected chi connectivity index (χ1v) is 5.44. The van der Waals surface area contributed by atoms with Crippen LogP contribution in [-0.2, 0) is 5.60 Å². The van der Waals surface area contributed by atoms with Crippen LogP contribution < -0.4 is 0 Å². The lowest BCUT2D eigenvalue weighted by Crippen LogP contribution is -2.07. The van der Waals surface area contributed by atoms with Crippen molar-refractivity contribution in [2.24, 2.45) is 0 Å². The summed E-state index contributed by atoms with van der Waals surface area (Å²) >= 11 is 1.56. The first-order valence-electron chi connectivity index (χ1n) is 4.22. The molecule has 1 N–H and O–H groups in total. The molecule has 0 bridgehead atoms. The summed E-state index contributed by atoms with van der Waals surface area (Å²) < 4.78 is 13.3. The van der Waals surface area contributed by atoms with Crippen molar-refractivity contribution in [1.82, 2.24) is 0 Å².